The maximum absolute atomic E-state index is 9.45. The van der Waals surface area contributed by atoms with Crippen LogP contribution in [0.25, 0.3) is 0 Å². The zero-order valence-electron chi connectivity index (χ0n) is 12.7. The fourth-order valence-corrected chi connectivity index (χ4v) is 3.71. The Bertz CT molecular complexity index is 330. The van der Waals surface area contributed by atoms with Crippen LogP contribution in [0.4, 0.5) is 0 Å². The van der Waals surface area contributed by atoms with E-state index < -0.39 is 0 Å². The second-order valence-electron chi connectivity index (χ2n) is 6.32. The molecule has 2 unspecified atom stereocenters. The first-order valence-electron chi connectivity index (χ1n) is 7.67. The Morgan fingerprint density at radius 1 is 1.32 bits per heavy atom. The maximum Gasteiger partial charge on any atom is 0.108 e. The third kappa shape index (κ3) is 3.28. The molecule has 0 bridgehead atoms. The lowest BCUT2D eigenvalue weighted by molar-refractivity contribution is 0.106. The SMILES string of the molecule is CCNC1(C#N)CCC(N(C)C2CCN(C)CC2)C1. The Hall–Kier alpha value is -0.630. The summed E-state index contributed by atoms with van der Waals surface area (Å²) >= 11 is 0. The topological polar surface area (TPSA) is 42.3 Å². The van der Waals surface area contributed by atoms with Gasteiger partial charge >= 0.3 is 0 Å². The summed E-state index contributed by atoms with van der Waals surface area (Å²) in [6, 6.07) is 3.81. The van der Waals surface area contributed by atoms with E-state index >= 15 is 0 Å². The summed E-state index contributed by atoms with van der Waals surface area (Å²) in [7, 11) is 4.47. The molecule has 0 aromatic carbocycles. The van der Waals surface area contributed by atoms with Crippen LogP contribution in [0.5, 0.6) is 0 Å². The molecule has 2 fully saturated rings. The summed E-state index contributed by atoms with van der Waals surface area (Å²) in [4.78, 5) is 4.97. The summed E-state index contributed by atoms with van der Waals surface area (Å²) in [6.07, 6.45) is 5.68. The molecular weight excluding hydrogens is 236 g/mol. The number of nitrogens with zero attached hydrogens (tertiary/aromatic N) is 3. The molecule has 1 heterocycles. The average Bonchev–Trinajstić information content (AvgIpc) is 2.84. The second-order valence-corrected chi connectivity index (χ2v) is 6.32. The van der Waals surface area contributed by atoms with Gasteiger partial charge in [0.05, 0.1) is 6.07 Å². The number of rotatable bonds is 4. The molecule has 1 saturated heterocycles. The molecule has 0 aromatic rings. The molecule has 1 aliphatic heterocycles. The van der Waals surface area contributed by atoms with E-state index in [1.165, 1.54) is 25.9 Å². The fourth-order valence-electron chi connectivity index (χ4n) is 3.71. The maximum atomic E-state index is 9.45. The molecule has 1 N–H and O–H groups in total. The summed E-state index contributed by atoms with van der Waals surface area (Å²) in [5.74, 6) is 0. The number of nitriles is 1. The van der Waals surface area contributed by atoms with Crippen molar-refractivity contribution in [2.45, 2.75) is 56.7 Å². The van der Waals surface area contributed by atoms with E-state index in [4.69, 9.17) is 0 Å². The van der Waals surface area contributed by atoms with Gasteiger partial charge in [-0.1, -0.05) is 6.92 Å². The van der Waals surface area contributed by atoms with Crippen LogP contribution < -0.4 is 5.32 Å². The largest absolute Gasteiger partial charge is 0.306 e. The summed E-state index contributed by atoms with van der Waals surface area (Å²) in [6.45, 7) is 5.39. The van der Waals surface area contributed by atoms with Crippen LogP contribution in [0, 0.1) is 11.3 Å². The minimum Gasteiger partial charge on any atom is -0.306 e. The van der Waals surface area contributed by atoms with E-state index in [9.17, 15) is 5.26 Å². The Kier molecular flexibility index (Phi) is 4.83. The number of hydrogen-bond donors (Lipinski definition) is 1. The Morgan fingerprint density at radius 2 is 2.00 bits per heavy atom. The molecule has 4 nitrogen and oxygen atoms in total. The van der Waals surface area contributed by atoms with Gasteiger partial charge in [-0.3, -0.25) is 5.32 Å². The highest BCUT2D eigenvalue weighted by Gasteiger charge is 2.41. The summed E-state index contributed by atoms with van der Waals surface area (Å²) < 4.78 is 0. The Balaban J connectivity index is 1.91. The number of likely N-dealkylation sites (tertiary alicyclic amines) is 1. The smallest absolute Gasteiger partial charge is 0.108 e. The molecule has 2 rings (SSSR count). The quantitative estimate of drug-likeness (QED) is 0.834. The first kappa shape index (κ1) is 14.8. The highest BCUT2D eigenvalue weighted by molar-refractivity contribution is 5.13. The highest BCUT2D eigenvalue weighted by atomic mass is 15.2. The van der Waals surface area contributed by atoms with Crippen LogP contribution in [0.1, 0.15) is 39.0 Å². The minimum absolute atomic E-state index is 0.265. The van der Waals surface area contributed by atoms with Gasteiger partial charge in [-0.05, 0) is 65.8 Å². The van der Waals surface area contributed by atoms with E-state index in [-0.39, 0.29) is 5.54 Å². The predicted octanol–water partition coefficient (Wildman–Crippen LogP) is 1.44. The third-order valence-electron chi connectivity index (χ3n) is 5.06. The van der Waals surface area contributed by atoms with E-state index in [1.54, 1.807) is 0 Å². The van der Waals surface area contributed by atoms with Crippen LogP contribution in [-0.4, -0.2) is 61.2 Å². The third-order valence-corrected chi connectivity index (χ3v) is 5.06. The zero-order chi connectivity index (χ0) is 13.9. The van der Waals surface area contributed by atoms with Crippen LogP contribution in [-0.2, 0) is 0 Å². The van der Waals surface area contributed by atoms with Crippen molar-refractivity contribution in [3.05, 3.63) is 0 Å². The van der Waals surface area contributed by atoms with Crippen molar-refractivity contribution in [2.75, 3.05) is 33.7 Å². The molecule has 0 spiro atoms. The van der Waals surface area contributed by atoms with Gasteiger partial charge in [0.2, 0.25) is 0 Å². The van der Waals surface area contributed by atoms with Gasteiger partial charge in [0, 0.05) is 12.1 Å². The monoisotopic (exact) mass is 264 g/mol. The molecule has 2 aliphatic rings. The van der Waals surface area contributed by atoms with E-state index in [0.717, 1.165) is 25.8 Å². The molecule has 1 saturated carbocycles. The molecule has 0 aromatic heterocycles. The van der Waals surface area contributed by atoms with Crippen LogP contribution in [0.2, 0.25) is 0 Å². The lowest BCUT2D eigenvalue weighted by atomic mass is 9.98. The lowest BCUT2D eigenvalue weighted by Crippen LogP contribution is -2.47. The van der Waals surface area contributed by atoms with Crippen LogP contribution in [0.3, 0.4) is 0 Å². The van der Waals surface area contributed by atoms with Crippen LogP contribution >= 0.6 is 0 Å². The summed E-state index contributed by atoms with van der Waals surface area (Å²) in [5.41, 5.74) is -0.265. The first-order valence-corrected chi connectivity index (χ1v) is 7.67. The van der Waals surface area contributed by atoms with Gasteiger partial charge in [0.25, 0.3) is 0 Å². The van der Waals surface area contributed by atoms with E-state index in [0.29, 0.717) is 12.1 Å². The lowest BCUT2D eigenvalue weighted by Gasteiger charge is -2.38. The van der Waals surface area contributed by atoms with E-state index in [2.05, 4.69) is 42.2 Å². The molecule has 2 atom stereocenters. The fraction of sp³-hybridized carbons (Fsp3) is 0.933. The van der Waals surface area contributed by atoms with Gasteiger partial charge in [-0.15, -0.1) is 0 Å². The van der Waals surface area contributed by atoms with Crippen molar-refractivity contribution in [3.63, 3.8) is 0 Å². The first-order chi connectivity index (χ1) is 9.10. The number of piperidine rings is 1. The van der Waals surface area contributed by atoms with E-state index in [1.807, 2.05) is 0 Å². The molecule has 1 aliphatic carbocycles. The van der Waals surface area contributed by atoms with Crippen molar-refractivity contribution >= 4 is 0 Å². The van der Waals surface area contributed by atoms with Gasteiger partial charge < -0.3 is 9.80 Å². The second kappa shape index (κ2) is 6.21. The summed E-state index contributed by atoms with van der Waals surface area (Å²) in [5, 5.41) is 12.9. The standard InChI is InChI=1S/C15H28N4/c1-4-17-15(12-16)8-5-14(11-15)19(3)13-6-9-18(2)10-7-13/h13-14,17H,4-11H2,1-3H3. The van der Waals surface area contributed by atoms with Crippen molar-refractivity contribution in [1.82, 2.24) is 15.1 Å². The molecule has 4 heteroatoms. The Labute approximate surface area is 117 Å². The van der Waals surface area contributed by atoms with Crippen molar-refractivity contribution < 1.29 is 0 Å². The molecule has 19 heavy (non-hydrogen) atoms. The molecule has 0 amide bonds. The molecule has 108 valence electrons. The van der Waals surface area contributed by atoms with Gasteiger partial charge in [0.15, 0.2) is 0 Å². The zero-order valence-corrected chi connectivity index (χ0v) is 12.7. The molecular formula is C15H28N4. The normalized spacial score (nSPS) is 33.7. The van der Waals surface area contributed by atoms with Gasteiger partial charge in [-0.2, -0.15) is 5.26 Å². The van der Waals surface area contributed by atoms with Crippen molar-refractivity contribution in [2.24, 2.45) is 0 Å². The van der Waals surface area contributed by atoms with Crippen molar-refractivity contribution in [1.29, 1.82) is 5.26 Å². The molecule has 0 radical (unpaired) electrons. The van der Waals surface area contributed by atoms with Crippen LogP contribution in [0.15, 0.2) is 0 Å². The van der Waals surface area contributed by atoms with Gasteiger partial charge in [0.1, 0.15) is 5.54 Å². The predicted molar refractivity (Wildman–Crippen MR) is 77.9 cm³/mol. The average molecular weight is 264 g/mol. The minimum atomic E-state index is -0.265. The number of nitrogens with one attached hydrogen (secondary N) is 1. The Morgan fingerprint density at radius 3 is 2.58 bits per heavy atom. The highest BCUT2D eigenvalue weighted by Crippen LogP contribution is 2.34. The number of hydrogen-bond acceptors (Lipinski definition) is 4. The van der Waals surface area contributed by atoms with Crippen molar-refractivity contribution in [3.8, 4) is 6.07 Å². The van der Waals surface area contributed by atoms with Gasteiger partial charge in [-0.25, -0.2) is 0 Å².